The van der Waals surface area contributed by atoms with Crippen LogP contribution >= 0.6 is 0 Å². The molecule has 0 amide bonds. The minimum Gasteiger partial charge on any atom is -0.382 e. The fourth-order valence-corrected chi connectivity index (χ4v) is 2.40. The number of rotatable bonds is 2. The van der Waals surface area contributed by atoms with E-state index >= 15 is 0 Å². The van der Waals surface area contributed by atoms with E-state index in [1.54, 1.807) is 12.4 Å². The average molecular weight is 229 g/mol. The van der Waals surface area contributed by atoms with E-state index in [-0.39, 0.29) is 5.41 Å². The van der Waals surface area contributed by atoms with Gasteiger partial charge in [0.1, 0.15) is 5.82 Å². The predicted octanol–water partition coefficient (Wildman–Crippen LogP) is 1.89. The van der Waals surface area contributed by atoms with Gasteiger partial charge in [-0.25, -0.2) is 4.98 Å². The number of anilines is 1. The van der Waals surface area contributed by atoms with Gasteiger partial charge in [-0.05, 0) is 12.8 Å². The van der Waals surface area contributed by atoms with E-state index < -0.39 is 0 Å². The van der Waals surface area contributed by atoms with Crippen molar-refractivity contribution in [2.75, 3.05) is 5.73 Å². The van der Waals surface area contributed by atoms with Gasteiger partial charge in [-0.2, -0.15) is 5.10 Å². The Kier molecular flexibility index (Phi) is 2.14. The van der Waals surface area contributed by atoms with Crippen molar-refractivity contribution in [3.05, 3.63) is 24.3 Å². The molecular formula is C12H15N5. The van der Waals surface area contributed by atoms with Crippen LogP contribution in [0.25, 0.3) is 11.3 Å². The molecule has 0 aliphatic heterocycles. The minimum atomic E-state index is 0.182. The Labute approximate surface area is 99.5 Å². The molecule has 1 fully saturated rings. The second-order valence-electron chi connectivity index (χ2n) is 4.89. The topological polar surface area (TPSA) is 80.5 Å². The normalized spacial score (nSPS) is 17.7. The fourth-order valence-electron chi connectivity index (χ4n) is 2.40. The molecule has 0 saturated heterocycles. The van der Waals surface area contributed by atoms with Crippen molar-refractivity contribution >= 4 is 5.82 Å². The Morgan fingerprint density at radius 1 is 1.35 bits per heavy atom. The first kappa shape index (κ1) is 10.3. The van der Waals surface area contributed by atoms with Crippen LogP contribution in [0.2, 0.25) is 0 Å². The smallest absolute Gasteiger partial charge is 0.142 e. The van der Waals surface area contributed by atoms with E-state index in [0.717, 1.165) is 17.0 Å². The van der Waals surface area contributed by atoms with E-state index in [2.05, 4.69) is 27.1 Å². The number of aromatic amines is 1. The summed E-state index contributed by atoms with van der Waals surface area (Å²) in [5.41, 5.74) is 8.75. The summed E-state index contributed by atoms with van der Waals surface area (Å²) in [5, 5.41) is 7.31. The molecule has 1 aliphatic rings. The van der Waals surface area contributed by atoms with Gasteiger partial charge in [0.15, 0.2) is 0 Å². The van der Waals surface area contributed by atoms with Crippen molar-refractivity contribution < 1.29 is 0 Å². The monoisotopic (exact) mass is 229 g/mol. The summed E-state index contributed by atoms with van der Waals surface area (Å²) in [7, 11) is 0. The molecule has 5 nitrogen and oxygen atoms in total. The highest BCUT2D eigenvalue weighted by atomic mass is 15.1. The number of nitrogens with one attached hydrogen (secondary N) is 1. The van der Waals surface area contributed by atoms with Gasteiger partial charge in [0.25, 0.3) is 0 Å². The van der Waals surface area contributed by atoms with Crippen molar-refractivity contribution in [2.45, 2.75) is 31.6 Å². The van der Waals surface area contributed by atoms with Gasteiger partial charge in [-0.3, -0.25) is 10.1 Å². The standard InChI is InChI=1S/C12H15N5/c1-12(3-2-4-12)11-8(5-15-17-11)9-6-14-7-10(13)16-9/h5-7H,2-4H2,1H3,(H2,13,16)(H,15,17). The summed E-state index contributed by atoms with van der Waals surface area (Å²) in [6, 6.07) is 0. The van der Waals surface area contributed by atoms with Crippen LogP contribution in [0.1, 0.15) is 31.9 Å². The van der Waals surface area contributed by atoms with Crippen LogP contribution in [-0.2, 0) is 5.41 Å². The quantitative estimate of drug-likeness (QED) is 0.824. The largest absolute Gasteiger partial charge is 0.382 e. The molecule has 3 N–H and O–H groups in total. The molecule has 0 aromatic carbocycles. The third-order valence-corrected chi connectivity index (χ3v) is 3.60. The zero-order valence-electron chi connectivity index (χ0n) is 9.77. The average Bonchev–Trinajstić information content (AvgIpc) is 2.75. The Balaban J connectivity index is 2.07. The van der Waals surface area contributed by atoms with Crippen LogP contribution in [0.5, 0.6) is 0 Å². The number of nitrogens with two attached hydrogens (primary N) is 1. The molecule has 2 aromatic rings. The van der Waals surface area contributed by atoms with Crippen molar-refractivity contribution in [1.29, 1.82) is 0 Å². The van der Waals surface area contributed by atoms with E-state index in [1.807, 2.05) is 6.20 Å². The Morgan fingerprint density at radius 3 is 2.82 bits per heavy atom. The molecule has 0 atom stereocenters. The number of aromatic nitrogens is 4. The van der Waals surface area contributed by atoms with Gasteiger partial charge >= 0.3 is 0 Å². The lowest BCUT2D eigenvalue weighted by Gasteiger charge is -2.37. The lowest BCUT2D eigenvalue weighted by Crippen LogP contribution is -2.31. The zero-order chi connectivity index (χ0) is 11.9. The molecule has 0 radical (unpaired) electrons. The summed E-state index contributed by atoms with van der Waals surface area (Å²) < 4.78 is 0. The highest BCUT2D eigenvalue weighted by molar-refractivity contribution is 5.63. The summed E-state index contributed by atoms with van der Waals surface area (Å²) in [6.45, 7) is 2.25. The molecule has 17 heavy (non-hydrogen) atoms. The zero-order valence-corrected chi connectivity index (χ0v) is 9.77. The number of nitrogens with zero attached hydrogens (tertiary/aromatic N) is 3. The van der Waals surface area contributed by atoms with Gasteiger partial charge in [0.05, 0.1) is 23.8 Å². The van der Waals surface area contributed by atoms with Crippen molar-refractivity contribution in [3.63, 3.8) is 0 Å². The van der Waals surface area contributed by atoms with Crippen LogP contribution in [0.15, 0.2) is 18.6 Å². The van der Waals surface area contributed by atoms with Gasteiger partial charge in [-0.1, -0.05) is 13.3 Å². The van der Waals surface area contributed by atoms with E-state index in [9.17, 15) is 0 Å². The molecule has 88 valence electrons. The molecule has 0 bridgehead atoms. The highest BCUT2D eigenvalue weighted by Crippen LogP contribution is 2.45. The Hall–Kier alpha value is -1.91. The molecule has 5 heteroatoms. The van der Waals surface area contributed by atoms with Crippen molar-refractivity contribution in [2.24, 2.45) is 0 Å². The van der Waals surface area contributed by atoms with Crippen LogP contribution in [0.3, 0.4) is 0 Å². The van der Waals surface area contributed by atoms with E-state index in [0.29, 0.717) is 5.82 Å². The summed E-state index contributed by atoms with van der Waals surface area (Å²) >= 11 is 0. The molecule has 1 aliphatic carbocycles. The molecule has 0 unspecified atom stereocenters. The number of hydrogen-bond acceptors (Lipinski definition) is 4. The van der Waals surface area contributed by atoms with E-state index in [1.165, 1.54) is 19.3 Å². The van der Waals surface area contributed by atoms with Crippen LogP contribution in [-0.4, -0.2) is 20.2 Å². The van der Waals surface area contributed by atoms with Crippen molar-refractivity contribution in [3.8, 4) is 11.3 Å². The molecule has 2 heterocycles. The number of H-pyrrole nitrogens is 1. The second kappa shape index (κ2) is 3.55. The highest BCUT2D eigenvalue weighted by Gasteiger charge is 2.37. The maximum absolute atomic E-state index is 5.67. The molecule has 2 aromatic heterocycles. The first-order valence-corrected chi connectivity index (χ1v) is 5.81. The summed E-state index contributed by atoms with van der Waals surface area (Å²) in [5.74, 6) is 0.438. The third kappa shape index (κ3) is 1.58. The summed E-state index contributed by atoms with van der Waals surface area (Å²) in [6.07, 6.45) is 8.79. The third-order valence-electron chi connectivity index (χ3n) is 3.60. The predicted molar refractivity (Wildman–Crippen MR) is 65.2 cm³/mol. The minimum absolute atomic E-state index is 0.182. The molecule has 0 spiro atoms. The Morgan fingerprint density at radius 2 is 2.18 bits per heavy atom. The van der Waals surface area contributed by atoms with Gasteiger partial charge in [0.2, 0.25) is 0 Å². The second-order valence-corrected chi connectivity index (χ2v) is 4.89. The number of hydrogen-bond donors (Lipinski definition) is 2. The molecular weight excluding hydrogens is 214 g/mol. The van der Waals surface area contributed by atoms with Crippen LogP contribution in [0, 0.1) is 0 Å². The lowest BCUT2D eigenvalue weighted by atomic mass is 9.67. The van der Waals surface area contributed by atoms with Crippen LogP contribution < -0.4 is 5.73 Å². The molecule has 1 saturated carbocycles. The maximum Gasteiger partial charge on any atom is 0.142 e. The maximum atomic E-state index is 5.67. The Bertz CT molecular complexity index is 541. The SMILES string of the molecule is CC1(c2n[nH]cc2-c2cncc(N)n2)CCC1. The first-order chi connectivity index (χ1) is 8.19. The van der Waals surface area contributed by atoms with Gasteiger partial charge in [-0.15, -0.1) is 0 Å². The fraction of sp³-hybridized carbons (Fsp3) is 0.417. The molecule has 3 rings (SSSR count). The van der Waals surface area contributed by atoms with Crippen LogP contribution in [0.4, 0.5) is 5.82 Å². The summed E-state index contributed by atoms with van der Waals surface area (Å²) in [4.78, 5) is 8.38. The number of nitrogen functional groups attached to an aromatic ring is 1. The van der Waals surface area contributed by atoms with Gasteiger partial charge < -0.3 is 5.73 Å². The first-order valence-electron chi connectivity index (χ1n) is 5.81. The van der Waals surface area contributed by atoms with Gasteiger partial charge in [0, 0.05) is 17.2 Å². The van der Waals surface area contributed by atoms with Crippen molar-refractivity contribution in [1.82, 2.24) is 20.2 Å². The lowest BCUT2D eigenvalue weighted by molar-refractivity contribution is 0.265. The van der Waals surface area contributed by atoms with E-state index in [4.69, 9.17) is 5.73 Å².